The maximum absolute atomic E-state index is 13.6. The molecule has 0 aliphatic carbocycles. The average Bonchev–Trinajstić information content (AvgIpc) is 2.91. The molecule has 4 nitrogen and oxygen atoms in total. The molecule has 0 fully saturated rings. The number of anilines is 1. The lowest BCUT2D eigenvalue weighted by molar-refractivity contribution is -0.116. The Bertz CT molecular complexity index is 918. The van der Waals surface area contributed by atoms with Gasteiger partial charge in [0.1, 0.15) is 11.6 Å². The molecule has 3 aromatic rings. The number of nitrogens with one attached hydrogen (secondary N) is 1. The average molecular weight is 321 g/mol. The van der Waals surface area contributed by atoms with E-state index in [2.05, 4.69) is 10.4 Å². The fourth-order valence-corrected chi connectivity index (χ4v) is 3.31. The number of carbonyl (C=O) groups is 1. The van der Waals surface area contributed by atoms with Crippen LogP contribution in [0, 0.1) is 12.7 Å². The SMILES string of the molecule is Cc1nn(-c2ccccc2)c2c1[C@@H](c1cccc(F)c1)CC(=O)N2. The zero-order valence-electron chi connectivity index (χ0n) is 13.2. The van der Waals surface area contributed by atoms with Gasteiger partial charge in [0.2, 0.25) is 5.91 Å². The van der Waals surface area contributed by atoms with E-state index in [9.17, 15) is 9.18 Å². The summed E-state index contributed by atoms with van der Waals surface area (Å²) in [4.78, 5) is 12.2. The third-order valence-corrected chi connectivity index (χ3v) is 4.35. The van der Waals surface area contributed by atoms with Crippen LogP contribution in [0.5, 0.6) is 0 Å². The van der Waals surface area contributed by atoms with Crippen LogP contribution in [0.4, 0.5) is 10.2 Å². The molecule has 24 heavy (non-hydrogen) atoms. The maximum atomic E-state index is 13.6. The predicted molar refractivity (Wildman–Crippen MR) is 89.8 cm³/mol. The monoisotopic (exact) mass is 321 g/mol. The van der Waals surface area contributed by atoms with E-state index in [1.165, 1.54) is 12.1 Å². The smallest absolute Gasteiger partial charge is 0.226 e. The van der Waals surface area contributed by atoms with Crippen LogP contribution in [-0.2, 0) is 4.79 Å². The Morgan fingerprint density at radius 3 is 2.71 bits per heavy atom. The van der Waals surface area contributed by atoms with Crippen LogP contribution < -0.4 is 5.32 Å². The van der Waals surface area contributed by atoms with Crippen LogP contribution in [0.25, 0.3) is 5.69 Å². The molecule has 1 N–H and O–H groups in total. The highest BCUT2D eigenvalue weighted by Crippen LogP contribution is 2.40. The lowest BCUT2D eigenvalue weighted by atomic mass is 9.86. The van der Waals surface area contributed by atoms with Gasteiger partial charge in [0.05, 0.1) is 11.4 Å². The minimum atomic E-state index is -0.298. The Balaban J connectivity index is 1.89. The molecule has 2 heterocycles. The molecule has 1 atom stereocenters. The number of aryl methyl sites for hydroxylation is 1. The van der Waals surface area contributed by atoms with E-state index in [-0.39, 0.29) is 24.1 Å². The summed E-state index contributed by atoms with van der Waals surface area (Å²) in [7, 11) is 0. The van der Waals surface area contributed by atoms with Crippen LogP contribution in [0.3, 0.4) is 0 Å². The van der Waals surface area contributed by atoms with Crippen LogP contribution in [-0.4, -0.2) is 15.7 Å². The predicted octanol–water partition coefficient (Wildman–Crippen LogP) is 3.79. The summed E-state index contributed by atoms with van der Waals surface area (Å²) in [5.74, 6) is 0.0908. The summed E-state index contributed by atoms with van der Waals surface area (Å²) in [6.07, 6.45) is 0.289. The van der Waals surface area contributed by atoms with Crippen molar-refractivity contribution in [3.8, 4) is 5.69 Å². The van der Waals surface area contributed by atoms with E-state index >= 15 is 0 Å². The third kappa shape index (κ3) is 2.38. The molecule has 4 rings (SSSR count). The molecule has 0 saturated carbocycles. The molecular formula is C19H16FN3O. The second-order valence-electron chi connectivity index (χ2n) is 5.95. The summed E-state index contributed by atoms with van der Waals surface area (Å²) < 4.78 is 15.4. The Kier molecular flexibility index (Phi) is 3.41. The first-order valence-corrected chi connectivity index (χ1v) is 7.84. The van der Waals surface area contributed by atoms with Gasteiger partial charge in [-0.1, -0.05) is 30.3 Å². The summed E-state index contributed by atoms with van der Waals surface area (Å²) in [5.41, 5.74) is 3.45. The van der Waals surface area contributed by atoms with Gasteiger partial charge >= 0.3 is 0 Å². The number of fused-ring (bicyclic) bond motifs is 1. The van der Waals surface area contributed by atoms with Crippen molar-refractivity contribution in [2.75, 3.05) is 5.32 Å². The Labute approximate surface area is 138 Å². The van der Waals surface area contributed by atoms with Crippen LogP contribution in [0.15, 0.2) is 54.6 Å². The molecule has 0 spiro atoms. The molecular weight excluding hydrogens is 305 g/mol. The molecule has 1 aromatic heterocycles. The van der Waals surface area contributed by atoms with Gasteiger partial charge in [-0.25, -0.2) is 9.07 Å². The van der Waals surface area contributed by atoms with Crippen molar-refractivity contribution in [1.29, 1.82) is 0 Å². The number of amides is 1. The van der Waals surface area contributed by atoms with E-state index in [0.29, 0.717) is 5.82 Å². The molecule has 0 saturated heterocycles. The van der Waals surface area contributed by atoms with Gasteiger partial charge in [-0.2, -0.15) is 5.10 Å². The van der Waals surface area contributed by atoms with Gasteiger partial charge in [0.15, 0.2) is 0 Å². The van der Waals surface area contributed by atoms with Crippen molar-refractivity contribution in [3.05, 3.63) is 77.2 Å². The van der Waals surface area contributed by atoms with Crippen molar-refractivity contribution in [2.45, 2.75) is 19.3 Å². The largest absolute Gasteiger partial charge is 0.310 e. The minimum absolute atomic E-state index is 0.0890. The normalized spacial score (nSPS) is 16.6. The highest BCUT2D eigenvalue weighted by molar-refractivity contribution is 5.95. The molecule has 0 bridgehead atoms. The van der Waals surface area contributed by atoms with E-state index in [4.69, 9.17) is 0 Å². The molecule has 1 aliphatic rings. The van der Waals surface area contributed by atoms with Gasteiger partial charge in [0, 0.05) is 17.9 Å². The molecule has 1 aliphatic heterocycles. The second-order valence-corrected chi connectivity index (χ2v) is 5.95. The molecule has 120 valence electrons. The van der Waals surface area contributed by atoms with E-state index in [0.717, 1.165) is 22.5 Å². The fraction of sp³-hybridized carbons (Fsp3) is 0.158. The van der Waals surface area contributed by atoms with Gasteiger partial charge < -0.3 is 5.32 Å². The number of para-hydroxylation sites is 1. The first-order valence-electron chi connectivity index (χ1n) is 7.84. The first-order chi connectivity index (χ1) is 11.6. The summed E-state index contributed by atoms with van der Waals surface area (Å²) in [5, 5.41) is 7.53. The molecule has 5 heteroatoms. The Morgan fingerprint density at radius 2 is 1.96 bits per heavy atom. The maximum Gasteiger partial charge on any atom is 0.226 e. The number of hydrogen-bond acceptors (Lipinski definition) is 2. The van der Waals surface area contributed by atoms with Crippen LogP contribution in [0.2, 0.25) is 0 Å². The standard InChI is InChI=1S/C19H16FN3O/c1-12-18-16(13-6-5-7-14(20)10-13)11-17(24)21-19(18)23(22-12)15-8-3-2-4-9-15/h2-10,16H,11H2,1H3,(H,21,24)/t16-/m1/s1. The zero-order chi connectivity index (χ0) is 16.7. The van der Waals surface area contributed by atoms with Crippen molar-refractivity contribution in [3.63, 3.8) is 0 Å². The molecule has 0 unspecified atom stereocenters. The number of rotatable bonds is 2. The highest BCUT2D eigenvalue weighted by Gasteiger charge is 2.32. The van der Waals surface area contributed by atoms with E-state index in [1.807, 2.05) is 43.3 Å². The topological polar surface area (TPSA) is 46.9 Å². The van der Waals surface area contributed by atoms with Gasteiger partial charge in [0.25, 0.3) is 0 Å². The fourth-order valence-electron chi connectivity index (χ4n) is 3.31. The molecule has 0 radical (unpaired) electrons. The summed E-state index contributed by atoms with van der Waals surface area (Å²) >= 11 is 0. The van der Waals surface area contributed by atoms with E-state index < -0.39 is 0 Å². The second kappa shape index (κ2) is 5.60. The summed E-state index contributed by atoms with van der Waals surface area (Å²) in [6, 6.07) is 16.1. The van der Waals surface area contributed by atoms with Crippen LogP contribution >= 0.6 is 0 Å². The first kappa shape index (κ1) is 14.6. The lowest BCUT2D eigenvalue weighted by Crippen LogP contribution is -2.25. The van der Waals surface area contributed by atoms with Crippen molar-refractivity contribution in [1.82, 2.24) is 9.78 Å². The number of aromatic nitrogens is 2. The van der Waals surface area contributed by atoms with Gasteiger partial charge in [-0.05, 0) is 36.8 Å². The Hall–Kier alpha value is -2.95. The van der Waals surface area contributed by atoms with Gasteiger partial charge in [-0.15, -0.1) is 0 Å². The van der Waals surface area contributed by atoms with Crippen molar-refractivity contribution < 1.29 is 9.18 Å². The van der Waals surface area contributed by atoms with E-state index in [1.54, 1.807) is 10.7 Å². The number of hydrogen-bond donors (Lipinski definition) is 1. The molecule has 1 amide bonds. The summed E-state index contributed by atoms with van der Waals surface area (Å²) in [6.45, 7) is 1.92. The number of halogens is 1. The third-order valence-electron chi connectivity index (χ3n) is 4.35. The van der Waals surface area contributed by atoms with Crippen molar-refractivity contribution in [2.24, 2.45) is 0 Å². The number of carbonyl (C=O) groups excluding carboxylic acids is 1. The van der Waals surface area contributed by atoms with Gasteiger partial charge in [-0.3, -0.25) is 4.79 Å². The number of nitrogens with zero attached hydrogens (tertiary/aromatic N) is 2. The van der Waals surface area contributed by atoms with Crippen molar-refractivity contribution >= 4 is 11.7 Å². The number of benzene rings is 2. The Morgan fingerprint density at radius 1 is 1.17 bits per heavy atom. The highest BCUT2D eigenvalue weighted by atomic mass is 19.1. The zero-order valence-corrected chi connectivity index (χ0v) is 13.2. The quantitative estimate of drug-likeness (QED) is 0.780. The lowest BCUT2D eigenvalue weighted by Gasteiger charge is -2.24. The molecule has 2 aromatic carbocycles. The minimum Gasteiger partial charge on any atom is -0.310 e. The van der Waals surface area contributed by atoms with Crippen LogP contribution in [0.1, 0.15) is 29.2 Å².